The first-order valence-electron chi connectivity index (χ1n) is 8.29. The molecule has 7 heteroatoms. The van der Waals surface area contributed by atoms with E-state index in [0.717, 1.165) is 16.0 Å². The van der Waals surface area contributed by atoms with Crippen LogP contribution in [-0.4, -0.2) is 48.1 Å². The minimum atomic E-state index is -0.411. The molecule has 0 atom stereocenters. The van der Waals surface area contributed by atoms with Crippen LogP contribution in [0.2, 0.25) is 0 Å². The number of carbonyl (C=O) groups is 3. The summed E-state index contributed by atoms with van der Waals surface area (Å²) in [7, 11) is 0. The Morgan fingerprint density at radius 2 is 1.92 bits per heavy atom. The molecule has 0 unspecified atom stereocenters. The Labute approximate surface area is 152 Å². The first-order chi connectivity index (χ1) is 11.9. The molecule has 1 saturated heterocycles. The fraction of sp³-hybridized carbons (Fsp3) is 0.500. The van der Waals surface area contributed by atoms with E-state index in [0.29, 0.717) is 25.9 Å². The zero-order valence-electron chi connectivity index (χ0n) is 14.6. The smallest absolute Gasteiger partial charge is 0.316 e. The molecule has 1 aromatic carbocycles. The Hall–Kier alpha value is -2.02. The number of hydrogen-bond donors (Lipinski definition) is 1. The number of aryl methyl sites for hydroxylation is 2. The van der Waals surface area contributed by atoms with E-state index in [1.807, 2.05) is 32.0 Å². The lowest BCUT2D eigenvalue weighted by molar-refractivity contribution is -0.150. The van der Waals surface area contributed by atoms with Crippen LogP contribution in [0.1, 0.15) is 24.0 Å². The lowest BCUT2D eigenvalue weighted by Crippen LogP contribution is -2.43. The number of piperidine rings is 1. The molecule has 0 saturated carbocycles. The maximum atomic E-state index is 12.1. The van der Waals surface area contributed by atoms with Crippen molar-refractivity contribution in [2.24, 2.45) is 11.7 Å². The largest absolute Gasteiger partial charge is 0.455 e. The maximum Gasteiger partial charge on any atom is 0.316 e. The summed E-state index contributed by atoms with van der Waals surface area (Å²) in [5.74, 6) is -0.955. The average molecular weight is 364 g/mol. The predicted octanol–water partition coefficient (Wildman–Crippen LogP) is 1.66. The number of nitrogens with two attached hydrogens (primary N) is 1. The third-order valence-electron chi connectivity index (χ3n) is 4.30. The second kappa shape index (κ2) is 8.89. The molecule has 1 heterocycles. The molecule has 1 aliphatic rings. The Morgan fingerprint density at radius 3 is 2.56 bits per heavy atom. The Balaban J connectivity index is 1.72. The third-order valence-corrected chi connectivity index (χ3v) is 5.43. The zero-order valence-corrected chi connectivity index (χ0v) is 15.4. The van der Waals surface area contributed by atoms with Crippen LogP contribution in [0.5, 0.6) is 0 Å². The van der Waals surface area contributed by atoms with E-state index in [2.05, 4.69) is 0 Å². The minimum absolute atomic E-state index is 0.166. The zero-order chi connectivity index (χ0) is 18.4. The van der Waals surface area contributed by atoms with Gasteiger partial charge in [0.15, 0.2) is 6.61 Å². The number of likely N-dealkylation sites (tertiary alicyclic amines) is 1. The number of carbonyl (C=O) groups excluding carboxylic acids is 3. The number of rotatable bonds is 6. The maximum absolute atomic E-state index is 12.1. The van der Waals surface area contributed by atoms with Crippen molar-refractivity contribution in [1.82, 2.24) is 4.90 Å². The van der Waals surface area contributed by atoms with Crippen molar-refractivity contribution in [3.05, 3.63) is 29.3 Å². The van der Waals surface area contributed by atoms with Gasteiger partial charge < -0.3 is 15.4 Å². The SMILES string of the molecule is Cc1ccc(C)c(SCC(=O)OCC(=O)N2CCC(C(N)=O)CC2)c1. The van der Waals surface area contributed by atoms with Crippen LogP contribution in [0.25, 0.3) is 0 Å². The van der Waals surface area contributed by atoms with Gasteiger partial charge in [0.25, 0.3) is 5.91 Å². The van der Waals surface area contributed by atoms with Crippen LogP contribution in [-0.2, 0) is 19.1 Å². The van der Waals surface area contributed by atoms with Crippen LogP contribution >= 0.6 is 11.8 Å². The lowest BCUT2D eigenvalue weighted by Gasteiger charge is -2.30. The van der Waals surface area contributed by atoms with E-state index in [4.69, 9.17) is 10.5 Å². The first-order valence-corrected chi connectivity index (χ1v) is 9.28. The van der Waals surface area contributed by atoms with Gasteiger partial charge in [-0.05, 0) is 38.3 Å². The number of amides is 2. The molecule has 2 N–H and O–H groups in total. The molecule has 2 amide bonds. The van der Waals surface area contributed by atoms with Crippen LogP contribution in [0, 0.1) is 19.8 Å². The topological polar surface area (TPSA) is 89.7 Å². The monoisotopic (exact) mass is 364 g/mol. The van der Waals surface area contributed by atoms with Gasteiger partial charge in [-0.3, -0.25) is 14.4 Å². The molecular formula is C18H24N2O4S. The van der Waals surface area contributed by atoms with Gasteiger partial charge in [0.05, 0.1) is 5.75 Å². The normalized spacial score (nSPS) is 15.0. The quantitative estimate of drug-likeness (QED) is 0.612. The number of benzene rings is 1. The van der Waals surface area contributed by atoms with Crippen molar-refractivity contribution in [3.8, 4) is 0 Å². The van der Waals surface area contributed by atoms with E-state index in [1.54, 1.807) is 4.90 Å². The van der Waals surface area contributed by atoms with Gasteiger partial charge in [-0.25, -0.2) is 0 Å². The van der Waals surface area contributed by atoms with Crippen LogP contribution in [0.3, 0.4) is 0 Å². The molecular weight excluding hydrogens is 340 g/mol. The molecule has 136 valence electrons. The van der Waals surface area contributed by atoms with Gasteiger partial charge in [0, 0.05) is 23.9 Å². The van der Waals surface area contributed by atoms with Gasteiger partial charge in [0.2, 0.25) is 5.91 Å². The van der Waals surface area contributed by atoms with Crippen LogP contribution in [0.15, 0.2) is 23.1 Å². The number of esters is 1. The van der Waals surface area contributed by atoms with E-state index >= 15 is 0 Å². The summed E-state index contributed by atoms with van der Waals surface area (Å²) in [6.07, 6.45) is 1.13. The predicted molar refractivity (Wildman–Crippen MR) is 96.1 cm³/mol. The fourth-order valence-electron chi connectivity index (χ4n) is 2.69. The Morgan fingerprint density at radius 1 is 1.24 bits per heavy atom. The molecule has 0 radical (unpaired) electrons. The third kappa shape index (κ3) is 5.77. The van der Waals surface area contributed by atoms with Crippen molar-refractivity contribution in [1.29, 1.82) is 0 Å². The van der Waals surface area contributed by atoms with Crippen LogP contribution in [0.4, 0.5) is 0 Å². The summed E-state index contributed by atoms with van der Waals surface area (Å²) in [6.45, 7) is 4.68. The van der Waals surface area contributed by atoms with Crippen molar-refractivity contribution in [2.75, 3.05) is 25.4 Å². The Kier molecular flexibility index (Phi) is 6.87. The molecule has 0 spiro atoms. The molecule has 1 aliphatic heterocycles. The minimum Gasteiger partial charge on any atom is -0.455 e. The molecule has 25 heavy (non-hydrogen) atoms. The summed E-state index contributed by atoms with van der Waals surface area (Å²) < 4.78 is 5.08. The molecule has 1 aromatic rings. The molecule has 0 aliphatic carbocycles. The van der Waals surface area contributed by atoms with Crippen molar-refractivity contribution in [2.45, 2.75) is 31.6 Å². The van der Waals surface area contributed by atoms with Gasteiger partial charge in [-0.15, -0.1) is 11.8 Å². The molecule has 1 fully saturated rings. The van der Waals surface area contributed by atoms with Gasteiger partial charge in [-0.2, -0.15) is 0 Å². The first kappa shape index (κ1) is 19.3. The Bertz CT molecular complexity index is 654. The summed E-state index contributed by atoms with van der Waals surface area (Å²) in [5, 5.41) is 0. The number of hydrogen-bond acceptors (Lipinski definition) is 5. The van der Waals surface area contributed by atoms with Gasteiger partial charge >= 0.3 is 5.97 Å². The summed E-state index contributed by atoms with van der Waals surface area (Å²) in [6, 6.07) is 6.07. The highest BCUT2D eigenvalue weighted by Crippen LogP contribution is 2.23. The molecule has 6 nitrogen and oxygen atoms in total. The number of primary amides is 1. The van der Waals surface area contributed by atoms with Gasteiger partial charge in [0.1, 0.15) is 0 Å². The molecule has 0 bridgehead atoms. The van der Waals surface area contributed by atoms with Crippen molar-refractivity contribution in [3.63, 3.8) is 0 Å². The van der Waals surface area contributed by atoms with E-state index in [9.17, 15) is 14.4 Å². The fourth-order valence-corrected chi connectivity index (χ4v) is 3.61. The number of thioether (sulfide) groups is 1. The summed E-state index contributed by atoms with van der Waals surface area (Å²) >= 11 is 1.41. The van der Waals surface area contributed by atoms with Crippen molar-refractivity contribution >= 4 is 29.5 Å². The summed E-state index contributed by atoms with van der Waals surface area (Å²) in [4.78, 5) is 37.7. The lowest BCUT2D eigenvalue weighted by atomic mass is 9.96. The second-order valence-corrected chi connectivity index (χ2v) is 7.29. The highest BCUT2D eigenvalue weighted by atomic mass is 32.2. The highest BCUT2D eigenvalue weighted by molar-refractivity contribution is 8.00. The van der Waals surface area contributed by atoms with Crippen LogP contribution < -0.4 is 5.73 Å². The summed E-state index contributed by atoms with van der Waals surface area (Å²) in [5.41, 5.74) is 7.52. The average Bonchev–Trinajstić information content (AvgIpc) is 2.60. The van der Waals surface area contributed by atoms with E-state index in [-0.39, 0.29) is 30.1 Å². The standard InChI is InChI=1S/C18H24N2O4S/c1-12-3-4-13(2)15(9-12)25-11-17(22)24-10-16(21)20-7-5-14(6-8-20)18(19)23/h3-4,9,14H,5-8,10-11H2,1-2H3,(H2,19,23). The highest BCUT2D eigenvalue weighted by Gasteiger charge is 2.26. The number of nitrogens with zero attached hydrogens (tertiary/aromatic N) is 1. The number of ether oxygens (including phenoxy) is 1. The van der Waals surface area contributed by atoms with E-state index in [1.165, 1.54) is 11.8 Å². The molecule has 0 aromatic heterocycles. The van der Waals surface area contributed by atoms with Gasteiger partial charge in [-0.1, -0.05) is 17.7 Å². The van der Waals surface area contributed by atoms with E-state index < -0.39 is 5.97 Å². The molecule has 2 rings (SSSR count). The second-order valence-electron chi connectivity index (χ2n) is 6.28. The van der Waals surface area contributed by atoms with Crippen molar-refractivity contribution < 1.29 is 19.1 Å².